The number of allylic oxidation sites excluding steroid dienone is 2. The average molecular weight is 140 g/mol. The van der Waals surface area contributed by atoms with E-state index in [-0.39, 0.29) is 0 Å². The van der Waals surface area contributed by atoms with Crippen LogP contribution in [0.4, 0.5) is 0 Å². The van der Waals surface area contributed by atoms with Gasteiger partial charge in [0, 0.05) is 0 Å². The summed E-state index contributed by atoms with van der Waals surface area (Å²) in [6.07, 6.45) is 6.06. The zero-order chi connectivity index (χ0) is 7.82. The summed E-state index contributed by atoms with van der Waals surface area (Å²) in [6, 6.07) is 0. The van der Waals surface area contributed by atoms with Gasteiger partial charge in [-0.3, -0.25) is 0 Å². The van der Waals surface area contributed by atoms with Crippen LogP contribution in [0.1, 0.15) is 20.8 Å². The largest absolute Gasteiger partial charge is 0.373 e. The van der Waals surface area contributed by atoms with Gasteiger partial charge in [0.15, 0.2) is 0 Å². The fraction of sp³-hybridized carbons (Fsp3) is 0.556. The Labute approximate surface area is 63.4 Å². The van der Waals surface area contributed by atoms with Crippen LogP contribution in [0.25, 0.3) is 0 Å². The van der Waals surface area contributed by atoms with Gasteiger partial charge >= 0.3 is 0 Å². The van der Waals surface area contributed by atoms with Crippen LogP contribution in [0.15, 0.2) is 23.8 Å². The molecule has 0 saturated carbocycles. The summed E-state index contributed by atoms with van der Waals surface area (Å²) in [5.41, 5.74) is 1.31. The minimum Gasteiger partial charge on any atom is -0.373 e. The molecule has 0 unspecified atom stereocenters. The Morgan fingerprint density at radius 1 is 1.30 bits per heavy atom. The van der Waals surface area contributed by atoms with E-state index in [1.807, 2.05) is 19.1 Å². The molecule has 58 valence electrons. The van der Waals surface area contributed by atoms with E-state index >= 15 is 0 Å². The minimum absolute atomic E-state index is 0.722. The molecule has 0 heterocycles. The molecule has 1 nitrogen and oxygen atoms in total. The Bertz CT molecular complexity index is 119. The van der Waals surface area contributed by atoms with Crippen LogP contribution in [0.5, 0.6) is 0 Å². The molecule has 0 aromatic heterocycles. The van der Waals surface area contributed by atoms with E-state index < -0.39 is 0 Å². The summed E-state index contributed by atoms with van der Waals surface area (Å²) < 4.78 is 5.22. The summed E-state index contributed by atoms with van der Waals surface area (Å²) in [7, 11) is 0. The molecule has 0 bridgehead atoms. The third kappa shape index (κ3) is 7.44. The fourth-order valence-corrected chi connectivity index (χ4v) is 0.458. The van der Waals surface area contributed by atoms with Gasteiger partial charge in [-0.1, -0.05) is 23.8 Å². The molecule has 0 radical (unpaired) electrons. The lowest BCUT2D eigenvalue weighted by Crippen LogP contribution is -1.90. The van der Waals surface area contributed by atoms with E-state index in [0.29, 0.717) is 0 Å². The third-order valence-corrected chi connectivity index (χ3v) is 1.06. The second-order valence-corrected chi connectivity index (χ2v) is 2.39. The van der Waals surface area contributed by atoms with E-state index in [0.717, 1.165) is 13.2 Å². The lowest BCUT2D eigenvalue weighted by Gasteiger charge is -1.94. The maximum Gasteiger partial charge on any atom is 0.0654 e. The van der Waals surface area contributed by atoms with E-state index in [1.165, 1.54) is 5.57 Å². The third-order valence-electron chi connectivity index (χ3n) is 1.06. The van der Waals surface area contributed by atoms with Gasteiger partial charge in [0.05, 0.1) is 13.2 Å². The highest BCUT2D eigenvalue weighted by atomic mass is 16.5. The first kappa shape index (κ1) is 9.44. The van der Waals surface area contributed by atoms with Gasteiger partial charge in [-0.25, -0.2) is 0 Å². The van der Waals surface area contributed by atoms with E-state index in [4.69, 9.17) is 4.74 Å². The summed E-state index contributed by atoms with van der Waals surface area (Å²) in [6.45, 7) is 7.58. The molecule has 0 aliphatic rings. The molecule has 0 rings (SSSR count). The molecule has 10 heavy (non-hydrogen) atoms. The minimum atomic E-state index is 0.722. The monoisotopic (exact) mass is 140 g/mol. The lowest BCUT2D eigenvalue weighted by atomic mass is 10.3. The van der Waals surface area contributed by atoms with Crippen molar-refractivity contribution in [1.29, 1.82) is 0 Å². The zero-order valence-corrected chi connectivity index (χ0v) is 7.05. The van der Waals surface area contributed by atoms with Gasteiger partial charge in [-0.05, 0) is 20.8 Å². The Kier molecular flexibility index (Phi) is 6.19. The first-order valence-electron chi connectivity index (χ1n) is 3.59. The summed E-state index contributed by atoms with van der Waals surface area (Å²) in [4.78, 5) is 0. The van der Waals surface area contributed by atoms with Crippen LogP contribution >= 0.6 is 0 Å². The molecule has 0 fully saturated rings. The van der Waals surface area contributed by atoms with Gasteiger partial charge < -0.3 is 4.74 Å². The van der Waals surface area contributed by atoms with Gasteiger partial charge in [-0.2, -0.15) is 0 Å². The number of ether oxygens (including phenoxy) is 1. The molecular weight excluding hydrogens is 124 g/mol. The molecule has 0 aliphatic carbocycles. The van der Waals surface area contributed by atoms with Crippen molar-refractivity contribution >= 4 is 0 Å². The van der Waals surface area contributed by atoms with Crippen molar-refractivity contribution in [2.45, 2.75) is 20.8 Å². The maximum atomic E-state index is 5.22. The summed E-state index contributed by atoms with van der Waals surface area (Å²) in [5.74, 6) is 0. The van der Waals surface area contributed by atoms with Gasteiger partial charge in [0.2, 0.25) is 0 Å². The molecule has 0 amide bonds. The Hall–Kier alpha value is -0.560. The van der Waals surface area contributed by atoms with Crippen LogP contribution < -0.4 is 0 Å². The summed E-state index contributed by atoms with van der Waals surface area (Å²) >= 11 is 0. The SMILES string of the molecule is CC=CCOCC=C(C)C. The lowest BCUT2D eigenvalue weighted by molar-refractivity contribution is 0.193. The zero-order valence-electron chi connectivity index (χ0n) is 7.05. The van der Waals surface area contributed by atoms with Crippen molar-refractivity contribution in [1.82, 2.24) is 0 Å². The van der Waals surface area contributed by atoms with Crippen molar-refractivity contribution in [3.8, 4) is 0 Å². The Morgan fingerprint density at radius 2 is 2.00 bits per heavy atom. The van der Waals surface area contributed by atoms with Gasteiger partial charge in [-0.15, -0.1) is 0 Å². The number of rotatable bonds is 4. The highest BCUT2D eigenvalue weighted by molar-refractivity contribution is 4.92. The molecule has 0 aliphatic heterocycles. The highest BCUT2D eigenvalue weighted by Crippen LogP contribution is 1.88. The van der Waals surface area contributed by atoms with Crippen LogP contribution in [-0.4, -0.2) is 13.2 Å². The van der Waals surface area contributed by atoms with E-state index in [2.05, 4.69) is 19.9 Å². The highest BCUT2D eigenvalue weighted by Gasteiger charge is 1.78. The van der Waals surface area contributed by atoms with Gasteiger partial charge in [0.25, 0.3) is 0 Å². The fourth-order valence-electron chi connectivity index (χ4n) is 0.458. The first-order chi connectivity index (χ1) is 4.77. The first-order valence-corrected chi connectivity index (χ1v) is 3.59. The number of hydrogen-bond donors (Lipinski definition) is 0. The maximum absolute atomic E-state index is 5.22. The summed E-state index contributed by atoms with van der Waals surface area (Å²) in [5, 5.41) is 0. The van der Waals surface area contributed by atoms with E-state index in [9.17, 15) is 0 Å². The molecule has 0 aromatic rings. The quantitative estimate of drug-likeness (QED) is 0.430. The Balaban J connectivity index is 3.13. The van der Waals surface area contributed by atoms with Crippen LogP contribution in [0.3, 0.4) is 0 Å². The predicted molar refractivity (Wildman–Crippen MR) is 45.1 cm³/mol. The average Bonchev–Trinajstić information content (AvgIpc) is 1.87. The van der Waals surface area contributed by atoms with Crippen molar-refractivity contribution in [3.05, 3.63) is 23.8 Å². The van der Waals surface area contributed by atoms with Crippen molar-refractivity contribution < 1.29 is 4.74 Å². The van der Waals surface area contributed by atoms with Crippen LogP contribution in [0.2, 0.25) is 0 Å². The van der Waals surface area contributed by atoms with Gasteiger partial charge in [0.1, 0.15) is 0 Å². The second-order valence-electron chi connectivity index (χ2n) is 2.39. The second kappa shape index (κ2) is 6.56. The van der Waals surface area contributed by atoms with E-state index in [1.54, 1.807) is 0 Å². The standard InChI is InChI=1S/C9H16O/c1-4-5-7-10-8-6-9(2)3/h4-6H,7-8H2,1-3H3. The van der Waals surface area contributed by atoms with Crippen molar-refractivity contribution in [2.75, 3.05) is 13.2 Å². The van der Waals surface area contributed by atoms with Crippen molar-refractivity contribution in [3.63, 3.8) is 0 Å². The molecule has 0 N–H and O–H groups in total. The molecule has 0 spiro atoms. The molecular formula is C9H16O. The number of hydrogen-bond acceptors (Lipinski definition) is 1. The topological polar surface area (TPSA) is 9.23 Å². The van der Waals surface area contributed by atoms with Crippen LogP contribution in [-0.2, 0) is 4.74 Å². The molecule has 1 heteroatoms. The normalized spacial score (nSPS) is 10.3. The molecule has 0 atom stereocenters. The molecule has 0 saturated heterocycles. The smallest absolute Gasteiger partial charge is 0.0654 e. The molecule has 0 aromatic carbocycles. The Morgan fingerprint density at radius 3 is 2.50 bits per heavy atom. The predicted octanol–water partition coefficient (Wildman–Crippen LogP) is 2.55. The van der Waals surface area contributed by atoms with Crippen molar-refractivity contribution in [2.24, 2.45) is 0 Å². The van der Waals surface area contributed by atoms with Crippen LogP contribution in [0, 0.1) is 0 Å².